The molecule has 2 rings (SSSR count). The molecule has 3 N–H and O–H groups in total. The first-order valence-corrected chi connectivity index (χ1v) is 9.01. The number of amides is 2. The van der Waals surface area contributed by atoms with Crippen LogP contribution < -0.4 is 20.7 Å². The molecule has 0 aromatic heterocycles. The number of nitrogens with one attached hydrogen (secondary N) is 1. The van der Waals surface area contributed by atoms with Crippen molar-refractivity contribution in [3.05, 3.63) is 18.2 Å². The lowest BCUT2D eigenvalue weighted by Crippen LogP contribution is -2.41. The Hall–Kier alpha value is -1.79. The molecule has 2 amide bonds. The zero-order valence-electron chi connectivity index (χ0n) is 15.8. The van der Waals surface area contributed by atoms with Gasteiger partial charge in [-0.05, 0) is 43.9 Å². The first-order valence-electron chi connectivity index (χ1n) is 9.01. The summed E-state index contributed by atoms with van der Waals surface area (Å²) >= 11 is 0. The number of carbonyl (C=O) groups is 2. The van der Waals surface area contributed by atoms with E-state index in [2.05, 4.69) is 5.32 Å². The van der Waals surface area contributed by atoms with Crippen LogP contribution in [0.3, 0.4) is 0 Å². The van der Waals surface area contributed by atoms with Crippen molar-refractivity contribution >= 4 is 35.6 Å². The number of piperidine rings is 1. The second-order valence-corrected chi connectivity index (χ2v) is 6.53. The Morgan fingerprint density at radius 2 is 2.00 bits per heavy atom. The number of nitrogens with zero attached hydrogens (tertiary/aromatic N) is 1. The predicted molar refractivity (Wildman–Crippen MR) is 107 cm³/mol. The number of rotatable bonds is 7. The van der Waals surface area contributed by atoms with E-state index in [-0.39, 0.29) is 24.2 Å². The maximum Gasteiger partial charge on any atom is 0.231 e. The minimum absolute atomic E-state index is 0. The van der Waals surface area contributed by atoms with Gasteiger partial charge in [0.25, 0.3) is 0 Å². The summed E-state index contributed by atoms with van der Waals surface area (Å²) < 4.78 is 5.41. The zero-order chi connectivity index (χ0) is 18.4. The summed E-state index contributed by atoms with van der Waals surface area (Å²) in [6.07, 6.45) is 3.79. The summed E-state index contributed by atoms with van der Waals surface area (Å²) in [6.45, 7) is 4.92. The molecule has 1 saturated heterocycles. The molecule has 1 fully saturated rings. The largest absolute Gasteiger partial charge is 0.495 e. The van der Waals surface area contributed by atoms with Crippen LogP contribution in [-0.2, 0) is 9.59 Å². The van der Waals surface area contributed by atoms with Crippen molar-refractivity contribution in [2.24, 2.45) is 11.1 Å². The lowest BCUT2D eigenvalue weighted by atomic mass is 9.81. The number of carbonyl (C=O) groups excluding carboxylic acids is 2. The first kappa shape index (κ1) is 22.3. The van der Waals surface area contributed by atoms with Crippen LogP contribution in [0.15, 0.2) is 18.2 Å². The highest BCUT2D eigenvalue weighted by molar-refractivity contribution is 5.99. The van der Waals surface area contributed by atoms with E-state index in [1.54, 1.807) is 24.1 Å². The lowest BCUT2D eigenvalue weighted by molar-refractivity contribution is -0.125. The van der Waals surface area contributed by atoms with Crippen LogP contribution in [0.1, 0.15) is 46.0 Å². The average Bonchev–Trinajstić information content (AvgIpc) is 2.64. The number of ether oxygens (including phenoxy) is 1. The van der Waals surface area contributed by atoms with Gasteiger partial charge in [-0.2, -0.15) is 0 Å². The second-order valence-electron chi connectivity index (χ2n) is 6.53. The van der Waals surface area contributed by atoms with Crippen molar-refractivity contribution in [1.82, 2.24) is 0 Å². The van der Waals surface area contributed by atoms with Crippen LogP contribution in [0, 0.1) is 5.41 Å². The van der Waals surface area contributed by atoms with E-state index in [0.29, 0.717) is 49.5 Å². The third-order valence-electron chi connectivity index (χ3n) is 5.28. The molecule has 1 heterocycles. The van der Waals surface area contributed by atoms with Gasteiger partial charge in [0.2, 0.25) is 11.8 Å². The van der Waals surface area contributed by atoms with Gasteiger partial charge < -0.3 is 20.7 Å². The normalized spacial score (nSPS) is 14.6. The van der Waals surface area contributed by atoms with Gasteiger partial charge in [0.1, 0.15) is 5.75 Å². The first-order chi connectivity index (χ1) is 12.0. The van der Waals surface area contributed by atoms with E-state index < -0.39 is 5.41 Å². The molecule has 0 radical (unpaired) electrons. The molecule has 0 saturated carbocycles. The standard InChI is InChI=1S/C19H29N3O3.ClH/c1-4-19(5-2,13-20)18(24)21-14-9-10-16(25-3)15(12-14)22-11-7-6-8-17(22)23;/h9-10,12H,4-8,11,13,20H2,1-3H3,(H,21,24);1H. The molecule has 146 valence electrons. The molecule has 1 aromatic carbocycles. The minimum Gasteiger partial charge on any atom is -0.495 e. The van der Waals surface area contributed by atoms with Crippen molar-refractivity contribution in [3.8, 4) is 5.75 Å². The maximum atomic E-state index is 12.7. The minimum atomic E-state index is -0.568. The molecule has 26 heavy (non-hydrogen) atoms. The van der Waals surface area contributed by atoms with Crippen LogP contribution >= 0.6 is 12.4 Å². The van der Waals surface area contributed by atoms with Gasteiger partial charge in [-0.25, -0.2) is 0 Å². The van der Waals surface area contributed by atoms with E-state index in [1.807, 2.05) is 19.9 Å². The molecular formula is C19H30ClN3O3. The Bertz CT molecular complexity index is 624. The van der Waals surface area contributed by atoms with Gasteiger partial charge in [-0.3, -0.25) is 9.59 Å². The van der Waals surface area contributed by atoms with Crippen molar-refractivity contribution in [2.45, 2.75) is 46.0 Å². The van der Waals surface area contributed by atoms with Gasteiger partial charge in [0, 0.05) is 25.2 Å². The predicted octanol–water partition coefficient (Wildman–Crippen LogP) is 3.34. The Morgan fingerprint density at radius 3 is 2.54 bits per heavy atom. The summed E-state index contributed by atoms with van der Waals surface area (Å²) in [5.41, 5.74) is 6.65. The number of nitrogens with two attached hydrogens (primary N) is 1. The molecule has 1 aromatic rings. The highest BCUT2D eigenvalue weighted by Crippen LogP contribution is 2.34. The van der Waals surface area contributed by atoms with Gasteiger partial charge in [0.15, 0.2) is 0 Å². The summed E-state index contributed by atoms with van der Waals surface area (Å²) in [6, 6.07) is 5.39. The van der Waals surface area contributed by atoms with Gasteiger partial charge >= 0.3 is 0 Å². The summed E-state index contributed by atoms with van der Waals surface area (Å²) in [7, 11) is 1.58. The molecule has 7 heteroatoms. The van der Waals surface area contributed by atoms with Gasteiger partial charge in [0.05, 0.1) is 18.2 Å². The van der Waals surface area contributed by atoms with E-state index >= 15 is 0 Å². The lowest BCUT2D eigenvalue weighted by Gasteiger charge is -2.30. The van der Waals surface area contributed by atoms with E-state index in [1.165, 1.54) is 0 Å². The van der Waals surface area contributed by atoms with Crippen LogP contribution in [-0.4, -0.2) is 32.0 Å². The van der Waals surface area contributed by atoms with Crippen LogP contribution in [0.2, 0.25) is 0 Å². The highest BCUT2D eigenvalue weighted by Gasteiger charge is 2.33. The van der Waals surface area contributed by atoms with Crippen LogP contribution in [0.4, 0.5) is 11.4 Å². The topological polar surface area (TPSA) is 84.7 Å². The Morgan fingerprint density at radius 1 is 1.31 bits per heavy atom. The van der Waals surface area contributed by atoms with Gasteiger partial charge in [-0.15, -0.1) is 12.4 Å². The molecule has 0 atom stereocenters. The number of benzene rings is 1. The number of hydrogen-bond acceptors (Lipinski definition) is 4. The van der Waals surface area contributed by atoms with E-state index in [0.717, 1.165) is 12.8 Å². The van der Waals surface area contributed by atoms with E-state index in [9.17, 15) is 9.59 Å². The molecule has 0 aliphatic carbocycles. The molecule has 0 spiro atoms. The summed E-state index contributed by atoms with van der Waals surface area (Å²) in [5.74, 6) is 0.636. The monoisotopic (exact) mass is 383 g/mol. The summed E-state index contributed by atoms with van der Waals surface area (Å²) in [5, 5.41) is 2.97. The SMILES string of the molecule is CCC(CC)(CN)C(=O)Nc1ccc(OC)c(N2CCCCC2=O)c1.Cl. The molecular weight excluding hydrogens is 354 g/mol. The summed E-state index contributed by atoms with van der Waals surface area (Å²) in [4.78, 5) is 26.7. The fourth-order valence-corrected chi connectivity index (χ4v) is 3.26. The molecule has 6 nitrogen and oxygen atoms in total. The number of halogens is 1. The third-order valence-corrected chi connectivity index (χ3v) is 5.28. The quantitative estimate of drug-likeness (QED) is 0.756. The maximum absolute atomic E-state index is 12.7. The highest BCUT2D eigenvalue weighted by atomic mass is 35.5. The molecule has 1 aliphatic heterocycles. The smallest absolute Gasteiger partial charge is 0.231 e. The Balaban J connectivity index is 0.00000338. The number of hydrogen-bond donors (Lipinski definition) is 2. The van der Waals surface area contributed by atoms with Crippen molar-refractivity contribution in [2.75, 3.05) is 30.4 Å². The van der Waals surface area contributed by atoms with Gasteiger partial charge in [-0.1, -0.05) is 13.8 Å². The molecule has 1 aliphatic rings. The van der Waals surface area contributed by atoms with Crippen molar-refractivity contribution in [3.63, 3.8) is 0 Å². The van der Waals surface area contributed by atoms with Crippen molar-refractivity contribution in [1.29, 1.82) is 0 Å². The van der Waals surface area contributed by atoms with E-state index in [4.69, 9.17) is 10.5 Å². The third kappa shape index (κ3) is 4.48. The second kappa shape index (κ2) is 9.78. The Kier molecular flexibility index (Phi) is 8.37. The average molecular weight is 384 g/mol. The van der Waals surface area contributed by atoms with Crippen LogP contribution in [0.5, 0.6) is 5.75 Å². The fraction of sp³-hybridized carbons (Fsp3) is 0.579. The van der Waals surface area contributed by atoms with Crippen LogP contribution in [0.25, 0.3) is 0 Å². The Labute approximate surface area is 161 Å². The number of methoxy groups -OCH3 is 1. The van der Waals surface area contributed by atoms with Crippen molar-refractivity contribution < 1.29 is 14.3 Å². The molecule has 0 bridgehead atoms. The zero-order valence-corrected chi connectivity index (χ0v) is 16.7. The molecule has 0 unspecified atom stereocenters. The number of anilines is 2. The fourth-order valence-electron chi connectivity index (χ4n) is 3.26.